The Kier molecular flexibility index (Phi) is 3.67. The van der Waals surface area contributed by atoms with Crippen LogP contribution in [0.25, 0.3) is 11.0 Å². The van der Waals surface area contributed by atoms with Gasteiger partial charge in [0.05, 0.1) is 11.1 Å². The molecule has 0 aliphatic carbocycles. The Labute approximate surface area is 137 Å². The van der Waals surface area contributed by atoms with Crippen molar-refractivity contribution in [1.82, 2.24) is 18.3 Å². The van der Waals surface area contributed by atoms with Crippen LogP contribution in [0.3, 0.4) is 0 Å². The standard InChI is InChI=1S/C15H16N4O4S/c1-4-10-7-5-6-8-12(10)24(22,23)19-9-11-13(16-19)17(2)15(21)18(3)14(11)20/h5-9H,4H2,1-3H3. The van der Waals surface area contributed by atoms with E-state index in [1.54, 1.807) is 18.2 Å². The molecule has 2 aromatic heterocycles. The maximum absolute atomic E-state index is 12.9. The van der Waals surface area contributed by atoms with Crippen LogP contribution in [0.15, 0.2) is 44.9 Å². The highest BCUT2D eigenvalue weighted by Gasteiger charge is 2.23. The first-order valence-electron chi connectivity index (χ1n) is 7.28. The van der Waals surface area contributed by atoms with Gasteiger partial charge in [-0.15, -0.1) is 5.10 Å². The van der Waals surface area contributed by atoms with Crippen LogP contribution in [0.2, 0.25) is 0 Å². The van der Waals surface area contributed by atoms with Crippen molar-refractivity contribution in [1.29, 1.82) is 0 Å². The lowest BCUT2D eigenvalue weighted by molar-refractivity contribution is 0.579. The smallest absolute Gasteiger partial charge is 0.279 e. The number of rotatable bonds is 3. The van der Waals surface area contributed by atoms with Gasteiger partial charge in [0.25, 0.3) is 15.6 Å². The van der Waals surface area contributed by atoms with E-state index in [1.807, 2.05) is 6.92 Å². The molecule has 2 heterocycles. The Morgan fingerprint density at radius 3 is 2.42 bits per heavy atom. The van der Waals surface area contributed by atoms with Crippen molar-refractivity contribution >= 4 is 21.1 Å². The molecule has 0 unspecified atom stereocenters. The van der Waals surface area contributed by atoms with Crippen molar-refractivity contribution in [3.63, 3.8) is 0 Å². The van der Waals surface area contributed by atoms with Gasteiger partial charge in [0.2, 0.25) is 0 Å². The van der Waals surface area contributed by atoms with E-state index in [2.05, 4.69) is 5.10 Å². The number of aryl methyl sites for hydroxylation is 2. The van der Waals surface area contributed by atoms with Crippen LogP contribution >= 0.6 is 0 Å². The van der Waals surface area contributed by atoms with Crippen LogP contribution in [0.4, 0.5) is 0 Å². The van der Waals surface area contributed by atoms with E-state index in [-0.39, 0.29) is 15.9 Å². The molecule has 0 N–H and O–H groups in total. The van der Waals surface area contributed by atoms with Gasteiger partial charge < -0.3 is 0 Å². The second-order valence-corrected chi connectivity index (χ2v) is 7.18. The van der Waals surface area contributed by atoms with Gasteiger partial charge in [-0.1, -0.05) is 25.1 Å². The second-order valence-electron chi connectivity index (χ2n) is 5.41. The van der Waals surface area contributed by atoms with Crippen LogP contribution in [0.5, 0.6) is 0 Å². The molecule has 0 radical (unpaired) electrons. The van der Waals surface area contributed by atoms with Crippen molar-refractivity contribution in [2.24, 2.45) is 14.1 Å². The summed E-state index contributed by atoms with van der Waals surface area (Å²) in [6.45, 7) is 1.85. The van der Waals surface area contributed by atoms with Crippen molar-refractivity contribution in [2.75, 3.05) is 0 Å². The topological polar surface area (TPSA) is 96.0 Å². The Balaban J connectivity index is 2.35. The van der Waals surface area contributed by atoms with Gasteiger partial charge >= 0.3 is 5.69 Å². The van der Waals surface area contributed by atoms with Crippen LogP contribution in [-0.2, 0) is 30.5 Å². The van der Waals surface area contributed by atoms with Gasteiger partial charge in [-0.2, -0.15) is 12.5 Å². The molecule has 126 valence electrons. The molecule has 0 atom stereocenters. The maximum atomic E-state index is 12.9. The monoisotopic (exact) mass is 348 g/mol. The fraction of sp³-hybridized carbons (Fsp3) is 0.267. The highest BCUT2D eigenvalue weighted by molar-refractivity contribution is 7.89. The third-order valence-corrected chi connectivity index (χ3v) is 5.61. The fourth-order valence-electron chi connectivity index (χ4n) is 2.60. The SMILES string of the molecule is CCc1ccccc1S(=O)(=O)n1cc2c(=O)n(C)c(=O)n(C)c2n1. The van der Waals surface area contributed by atoms with Crippen molar-refractivity contribution in [3.8, 4) is 0 Å². The van der Waals surface area contributed by atoms with Gasteiger partial charge in [-0.05, 0) is 18.1 Å². The summed E-state index contributed by atoms with van der Waals surface area (Å²) < 4.78 is 28.6. The summed E-state index contributed by atoms with van der Waals surface area (Å²) in [5.74, 6) is 0. The molecule has 1 aromatic carbocycles. The van der Waals surface area contributed by atoms with Crippen LogP contribution < -0.4 is 11.2 Å². The van der Waals surface area contributed by atoms with E-state index in [1.165, 1.54) is 20.2 Å². The summed E-state index contributed by atoms with van der Waals surface area (Å²) in [5, 5.41) is 4.04. The average molecular weight is 348 g/mol. The van der Waals surface area contributed by atoms with E-state index < -0.39 is 21.3 Å². The summed E-state index contributed by atoms with van der Waals surface area (Å²) in [6.07, 6.45) is 1.69. The first kappa shape index (κ1) is 16.2. The molecule has 9 heteroatoms. The Bertz CT molecular complexity index is 1170. The predicted octanol–water partition coefficient (Wildman–Crippen LogP) is 0.233. The molecule has 8 nitrogen and oxygen atoms in total. The van der Waals surface area contributed by atoms with Crippen LogP contribution in [-0.4, -0.2) is 26.7 Å². The molecule has 3 rings (SSSR count). The third-order valence-electron chi connectivity index (χ3n) is 3.98. The Morgan fingerprint density at radius 2 is 1.75 bits per heavy atom. The number of hydrogen-bond donors (Lipinski definition) is 0. The molecule has 3 aromatic rings. The average Bonchev–Trinajstić information content (AvgIpc) is 3.04. The van der Waals surface area contributed by atoms with Gasteiger partial charge in [-0.3, -0.25) is 13.9 Å². The summed E-state index contributed by atoms with van der Waals surface area (Å²) in [6, 6.07) is 6.61. The molecular weight excluding hydrogens is 332 g/mol. The van der Waals surface area contributed by atoms with Crippen LogP contribution in [0, 0.1) is 0 Å². The molecule has 24 heavy (non-hydrogen) atoms. The first-order chi connectivity index (χ1) is 11.3. The summed E-state index contributed by atoms with van der Waals surface area (Å²) in [4.78, 5) is 24.3. The number of benzene rings is 1. The fourth-order valence-corrected chi connectivity index (χ4v) is 4.02. The highest BCUT2D eigenvalue weighted by Crippen LogP contribution is 2.20. The zero-order valence-electron chi connectivity index (χ0n) is 13.4. The Morgan fingerprint density at radius 1 is 1.08 bits per heavy atom. The lowest BCUT2D eigenvalue weighted by atomic mass is 10.2. The van der Waals surface area contributed by atoms with E-state index >= 15 is 0 Å². The molecular formula is C15H16N4O4S. The van der Waals surface area contributed by atoms with Crippen molar-refractivity contribution in [2.45, 2.75) is 18.2 Å². The lowest BCUT2D eigenvalue weighted by Gasteiger charge is -2.08. The van der Waals surface area contributed by atoms with E-state index in [9.17, 15) is 18.0 Å². The minimum atomic E-state index is -3.96. The van der Waals surface area contributed by atoms with Gasteiger partial charge in [0.1, 0.15) is 5.39 Å². The van der Waals surface area contributed by atoms with Gasteiger partial charge in [0, 0.05) is 14.1 Å². The zero-order chi connectivity index (χ0) is 17.6. The molecule has 0 saturated carbocycles. The molecule has 0 aliphatic rings. The Hall–Kier alpha value is -2.68. The molecule has 0 bridgehead atoms. The van der Waals surface area contributed by atoms with E-state index in [4.69, 9.17) is 0 Å². The highest BCUT2D eigenvalue weighted by atomic mass is 32.2. The summed E-state index contributed by atoms with van der Waals surface area (Å²) in [5.41, 5.74) is -0.470. The molecule has 0 amide bonds. The summed E-state index contributed by atoms with van der Waals surface area (Å²) >= 11 is 0. The number of aromatic nitrogens is 4. The van der Waals surface area contributed by atoms with Gasteiger partial charge in [-0.25, -0.2) is 4.79 Å². The van der Waals surface area contributed by atoms with Crippen molar-refractivity contribution < 1.29 is 8.42 Å². The molecule has 0 spiro atoms. The lowest BCUT2D eigenvalue weighted by Crippen LogP contribution is -2.36. The molecule has 0 aliphatic heterocycles. The first-order valence-corrected chi connectivity index (χ1v) is 8.72. The second kappa shape index (κ2) is 5.45. The normalized spacial score (nSPS) is 12.0. The number of fused-ring (bicyclic) bond motifs is 1. The van der Waals surface area contributed by atoms with Crippen LogP contribution in [0.1, 0.15) is 12.5 Å². The minimum absolute atomic E-state index is 0.0284. The quantitative estimate of drug-likeness (QED) is 0.675. The summed E-state index contributed by atoms with van der Waals surface area (Å²) in [7, 11) is -1.19. The molecule has 0 fully saturated rings. The molecule has 0 saturated heterocycles. The van der Waals surface area contributed by atoms with E-state index in [0.717, 1.165) is 19.4 Å². The largest absolute Gasteiger partial charge is 0.332 e. The predicted molar refractivity (Wildman–Crippen MR) is 88.6 cm³/mol. The van der Waals surface area contributed by atoms with Gasteiger partial charge in [0.15, 0.2) is 5.65 Å². The maximum Gasteiger partial charge on any atom is 0.332 e. The number of nitrogens with zero attached hydrogens (tertiary/aromatic N) is 4. The minimum Gasteiger partial charge on any atom is -0.279 e. The third kappa shape index (κ3) is 2.20. The number of hydrogen-bond acceptors (Lipinski definition) is 5. The zero-order valence-corrected chi connectivity index (χ0v) is 14.2. The van der Waals surface area contributed by atoms with E-state index in [0.29, 0.717) is 12.0 Å². The van der Waals surface area contributed by atoms with Crippen molar-refractivity contribution in [3.05, 3.63) is 56.9 Å².